The first-order valence-corrected chi connectivity index (χ1v) is 8.01. The maximum atomic E-state index is 6.22. The average Bonchev–Trinajstić information content (AvgIpc) is 2.85. The molecule has 0 aromatic heterocycles. The number of rotatable bonds is 2. The Morgan fingerprint density at radius 3 is 2.67 bits per heavy atom. The van der Waals surface area contributed by atoms with Crippen molar-refractivity contribution in [1.82, 2.24) is 9.80 Å². The highest BCUT2D eigenvalue weighted by Crippen LogP contribution is 2.32. The first-order valence-electron chi connectivity index (χ1n) is 8.01. The highest BCUT2D eigenvalue weighted by Gasteiger charge is 2.37. The lowest BCUT2D eigenvalue weighted by Crippen LogP contribution is -2.56. The van der Waals surface area contributed by atoms with Crippen LogP contribution in [-0.4, -0.2) is 53.6 Å². The summed E-state index contributed by atoms with van der Waals surface area (Å²) < 4.78 is 0. The van der Waals surface area contributed by atoms with E-state index in [-0.39, 0.29) is 0 Å². The van der Waals surface area contributed by atoms with Crippen molar-refractivity contribution >= 4 is 0 Å². The van der Waals surface area contributed by atoms with Gasteiger partial charge in [-0.25, -0.2) is 0 Å². The molecule has 3 fully saturated rings. The first kappa shape index (κ1) is 12.9. The summed E-state index contributed by atoms with van der Waals surface area (Å²) >= 11 is 0. The van der Waals surface area contributed by atoms with E-state index in [0.29, 0.717) is 12.1 Å². The third kappa shape index (κ3) is 2.45. The van der Waals surface area contributed by atoms with Crippen molar-refractivity contribution in [2.24, 2.45) is 5.73 Å². The second kappa shape index (κ2) is 5.48. The molecule has 3 aliphatic heterocycles. The van der Waals surface area contributed by atoms with Crippen LogP contribution in [0.3, 0.4) is 0 Å². The zero-order valence-electron chi connectivity index (χ0n) is 11.9. The lowest BCUT2D eigenvalue weighted by atomic mass is 9.89. The molecule has 0 amide bonds. The number of hydrogen-bond donors (Lipinski definition) is 1. The predicted molar refractivity (Wildman–Crippen MR) is 75.6 cm³/mol. The Balaban J connectivity index is 1.65. The minimum absolute atomic E-state index is 0.340. The summed E-state index contributed by atoms with van der Waals surface area (Å²) in [5.41, 5.74) is 6.22. The van der Waals surface area contributed by atoms with E-state index in [2.05, 4.69) is 16.7 Å². The highest BCUT2D eigenvalue weighted by molar-refractivity contribution is 4.94. The van der Waals surface area contributed by atoms with Crippen LogP contribution in [0, 0.1) is 0 Å². The number of nitrogens with zero attached hydrogens (tertiary/aromatic N) is 2. The molecular formula is C15H29N3. The van der Waals surface area contributed by atoms with E-state index >= 15 is 0 Å². The normalized spacial score (nSPS) is 40.7. The molecule has 0 aromatic rings. The molecule has 3 heteroatoms. The Morgan fingerprint density at radius 2 is 1.83 bits per heavy atom. The van der Waals surface area contributed by atoms with Crippen molar-refractivity contribution in [3.63, 3.8) is 0 Å². The molecule has 18 heavy (non-hydrogen) atoms. The molecule has 0 saturated carbocycles. The van der Waals surface area contributed by atoms with Gasteiger partial charge in [0, 0.05) is 24.2 Å². The smallest absolute Gasteiger partial charge is 0.0247 e. The quantitative estimate of drug-likeness (QED) is 0.812. The molecule has 0 aliphatic carbocycles. The average molecular weight is 251 g/mol. The number of likely N-dealkylation sites (tertiary alicyclic amines) is 1. The van der Waals surface area contributed by atoms with Crippen LogP contribution >= 0.6 is 0 Å². The van der Waals surface area contributed by atoms with Gasteiger partial charge in [-0.2, -0.15) is 0 Å². The predicted octanol–water partition coefficient (Wildman–Crippen LogP) is 1.81. The molecule has 3 heterocycles. The molecule has 3 rings (SSSR count). The van der Waals surface area contributed by atoms with Crippen LogP contribution in [0.5, 0.6) is 0 Å². The zero-order valence-corrected chi connectivity index (χ0v) is 11.9. The second-order valence-electron chi connectivity index (χ2n) is 6.67. The Labute approximate surface area is 112 Å². The van der Waals surface area contributed by atoms with Crippen LogP contribution < -0.4 is 5.73 Å². The van der Waals surface area contributed by atoms with E-state index in [1.54, 1.807) is 0 Å². The molecule has 3 nitrogen and oxygen atoms in total. The number of nitrogens with two attached hydrogens (primary N) is 1. The van der Waals surface area contributed by atoms with E-state index in [9.17, 15) is 0 Å². The van der Waals surface area contributed by atoms with Crippen molar-refractivity contribution < 1.29 is 0 Å². The summed E-state index contributed by atoms with van der Waals surface area (Å²) in [6.45, 7) is 6.18. The van der Waals surface area contributed by atoms with Gasteiger partial charge < -0.3 is 10.6 Å². The van der Waals surface area contributed by atoms with Gasteiger partial charge >= 0.3 is 0 Å². The fraction of sp³-hybridized carbons (Fsp3) is 1.00. The molecule has 3 saturated heterocycles. The zero-order chi connectivity index (χ0) is 12.5. The molecule has 2 N–H and O–H groups in total. The Bertz CT molecular complexity index is 279. The summed E-state index contributed by atoms with van der Waals surface area (Å²) in [4.78, 5) is 5.51. The van der Waals surface area contributed by atoms with Crippen molar-refractivity contribution in [3.8, 4) is 0 Å². The van der Waals surface area contributed by atoms with Gasteiger partial charge in [-0.15, -0.1) is 0 Å². The minimum atomic E-state index is 0.340. The summed E-state index contributed by atoms with van der Waals surface area (Å²) in [5.74, 6) is 0. The first-order chi connectivity index (χ1) is 8.75. The molecule has 104 valence electrons. The summed E-state index contributed by atoms with van der Waals surface area (Å²) in [5, 5.41) is 0. The topological polar surface area (TPSA) is 32.5 Å². The van der Waals surface area contributed by atoms with E-state index < -0.39 is 0 Å². The van der Waals surface area contributed by atoms with Crippen LogP contribution in [0.2, 0.25) is 0 Å². The maximum absolute atomic E-state index is 6.22. The molecule has 0 aromatic carbocycles. The lowest BCUT2D eigenvalue weighted by molar-refractivity contribution is 0.0302. The van der Waals surface area contributed by atoms with Gasteiger partial charge in [0.05, 0.1) is 0 Å². The largest absolute Gasteiger partial charge is 0.327 e. The van der Waals surface area contributed by atoms with Crippen molar-refractivity contribution in [2.75, 3.05) is 19.6 Å². The molecule has 3 aliphatic rings. The van der Waals surface area contributed by atoms with Crippen molar-refractivity contribution in [2.45, 2.75) is 76.0 Å². The van der Waals surface area contributed by atoms with Crippen LogP contribution in [0.4, 0.5) is 0 Å². The van der Waals surface area contributed by atoms with Gasteiger partial charge in [-0.05, 0) is 65.1 Å². The second-order valence-corrected chi connectivity index (χ2v) is 6.67. The Morgan fingerprint density at radius 1 is 0.944 bits per heavy atom. The van der Waals surface area contributed by atoms with E-state index in [1.165, 1.54) is 64.6 Å². The third-order valence-corrected chi connectivity index (χ3v) is 5.46. The number of hydrogen-bond acceptors (Lipinski definition) is 3. The van der Waals surface area contributed by atoms with E-state index in [0.717, 1.165) is 12.1 Å². The monoisotopic (exact) mass is 251 g/mol. The molecule has 0 spiro atoms. The van der Waals surface area contributed by atoms with Crippen LogP contribution in [0.25, 0.3) is 0 Å². The van der Waals surface area contributed by atoms with E-state index in [1.807, 2.05) is 0 Å². The molecule has 4 atom stereocenters. The van der Waals surface area contributed by atoms with Gasteiger partial charge in [0.15, 0.2) is 0 Å². The Hall–Kier alpha value is -0.120. The Kier molecular flexibility index (Phi) is 3.92. The van der Waals surface area contributed by atoms with Gasteiger partial charge in [-0.3, -0.25) is 4.90 Å². The molecule has 0 bridgehead atoms. The maximum Gasteiger partial charge on any atom is 0.0247 e. The van der Waals surface area contributed by atoms with Crippen molar-refractivity contribution in [3.05, 3.63) is 0 Å². The summed E-state index contributed by atoms with van der Waals surface area (Å²) in [7, 11) is 0. The highest BCUT2D eigenvalue weighted by atomic mass is 15.3. The van der Waals surface area contributed by atoms with Crippen molar-refractivity contribution in [1.29, 1.82) is 0 Å². The standard InChI is InChI=1S/C15H29N3/c1-12(16)15-6-2-3-9-18(15)14-7-10-17-8-4-5-13(17)11-14/h12-15H,2-11,16H2,1H3. The van der Waals surface area contributed by atoms with Crippen LogP contribution in [0.15, 0.2) is 0 Å². The summed E-state index contributed by atoms with van der Waals surface area (Å²) in [6, 6.07) is 2.70. The van der Waals surface area contributed by atoms with Gasteiger partial charge in [0.1, 0.15) is 0 Å². The number of piperidine rings is 2. The number of fused-ring (bicyclic) bond motifs is 1. The minimum Gasteiger partial charge on any atom is -0.327 e. The SMILES string of the molecule is CC(N)C1CCCCN1C1CCN2CCCC2C1. The molecular weight excluding hydrogens is 222 g/mol. The lowest BCUT2D eigenvalue weighted by Gasteiger charge is -2.47. The van der Waals surface area contributed by atoms with Gasteiger partial charge in [0.25, 0.3) is 0 Å². The van der Waals surface area contributed by atoms with Gasteiger partial charge in [-0.1, -0.05) is 6.42 Å². The fourth-order valence-corrected chi connectivity index (χ4v) is 4.50. The third-order valence-electron chi connectivity index (χ3n) is 5.46. The molecule has 4 unspecified atom stereocenters. The fourth-order valence-electron chi connectivity index (χ4n) is 4.50. The van der Waals surface area contributed by atoms with Crippen LogP contribution in [-0.2, 0) is 0 Å². The van der Waals surface area contributed by atoms with E-state index in [4.69, 9.17) is 5.73 Å². The van der Waals surface area contributed by atoms with Crippen LogP contribution in [0.1, 0.15) is 51.9 Å². The summed E-state index contributed by atoms with van der Waals surface area (Å²) in [6.07, 6.45) is 9.73. The van der Waals surface area contributed by atoms with Gasteiger partial charge in [0.2, 0.25) is 0 Å². The molecule has 0 radical (unpaired) electrons.